The van der Waals surface area contributed by atoms with Gasteiger partial charge in [0.05, 0.1) is 12.2 Å². The van der Waals surface area contributed by atoms with E-state index in [0.29, 0.717) is 0 Å². The highest BCUT2D eigenvalue weighted by atomic mass is 19.1. The van der Waals surface area contributed by atoms with Crippen LogP contribution in [0.15, 0.2) is 18.2 Å². The number of aliphatic hydroxyl groups is 1. The molecule has 0 amide bonds. The predicted octanol–water partition coefficient (Wildman–Crippen LogP) is 1.56. The second-order valence-corrected chi connectivity index (χ2v) is 3.03. The number of benzene rings is 1. The van der Waals surface area contributed by atoms with Crippen LogP contribution in [0.1, 0.15) is 18.6 Å². The number of esters is 1. The van der Waals surface area contributed by atoms with Crippen molar-refractivity contribution in [3.63, 3.8) is 0 Å². The maximum Gasteiger partial charge on any atom is 0.384 e. The minimum absolute atomic E-state index is 0.137. The Morgan fingerprint density at radius 3 is 2.59 bits per heavy atom. The Morgan fingerprint density at radius 1 is 1.47 bits per heavy atom. The van der Waals surface area contributed by atoms with E-state index in [0.717, 1.165) is 12.1 Å². The third-order valence-corrected chi connectivity index (χ3v) is 1.86. The van der Waals surface area contributed by atoms with Crippen LogP contribution in [-0.2, 0) is 9.53 Å². The number of hydrogen-bond donors (Lipinski definition) is 1. The predicted molar refractivity (Wildman–Crippen MR) is 55.7 cm³/mol. The average molecular weight is 240 g/mol. The summed E-state index contributed by atoms with van der Waals surface area (Å²) in [6.45, 7) is 1.73. The fraction of sp³-hybridized carbons (Fsp3) is 0.250. The fourth-order valence-corrected chi connectivity index (χ4v) is 1.14. The first kappa shape index (κ1) is 13.1. The van der Waals surface area contributed by atoms with E-state index in [1.165, 1.54) is 6.07 Å². The van der Waals surface area contributed by atoms with Gasteiger partial charge in [0.25, 0.3) is 0 Å². The molecule has 0 radical (unpaired) electrons. The summed E-state index contributed by atoms with van der Waals surface area (Å²) in [5, 5.41) is 9.44. The number of aliphatic hydroxyl groups excluding tert-OH is 1. The second kappa shape index (κ2) is 5.97. The molecule has 0 heterocycles. The molecule has 0 aliphatic carbocycles. The minimum Gasteiger partial charge on any atom is -0.456 e. The van der Waals surface area contributed by atoms with Crippen LogP contribution in [0.2, 0.25) is 0 Å². The van der Waals surface area contributed by atoms with E-state index < -0.39 is 29.3 Å². The lowest BCUT2D eigenvalue weighted by Gasteiger charge is -2.06. The van der Waals surface area contributed by atoms with E-state index in [-0.39, 0.29) is 6.61 Å². The molecular weight excluding hydrogens is 230 g/mol. The first-order chi connectivity index (χ1) is 8.06. The van der Waals surface area contributed by atoms with Crippen molar-refractivity contribution in [1.82, 2.24) is 0 Å². The topological polar surface area (TPSA) is 46.5 Å². The van der Waals surface area contributed by atoms with Gasteiger partial charge in [-0.2, -0.15) is 0 Å². The van der Waals surface area contributed by atoms with Gasteiger partial charge in [0.15, 0.2) is 0 Å². The molecule has 1 rings (SSSR count). The molecule has 17 heavy (non-hydrogen) atoms. The van der Waals surface area contributed by atoms with Gasteiger partial charge in [-0.15, -0.1) is 0 Å². The zero-order valence-electron chi connectivity index (χ0n) is 9.04. The third-order valence-electron chi connectivity index (χ3n) is 1.86. The average Bonchev–Trinajstić information content (AvgIpc) is 2.26. The molecule has 1 aromatic carbocycles. The Labute approximate surface area is 97.0 Å². The van der Waals surface area contributed by atoms with Gasteiger partial charge >= 0.3 is 5.97 Å². The quantitative estimate of drug-likeness (QED) is 0.485. The van der Waals surface area contributed by atoms with E-state index in [1.54, 1.807) is 6.92 Å². The summed E-state index contributed by atoms with van der Waals surface area (Å²) in [6.07, 6.45) is -1.71. The van der Waals surface area contributed by atoms with Gasteiger partial charge in [-0.3, -0.25) is 0 Å². The summed E-state index contributed by atoms with van der Waals surface area (Å²) in [7, 11) is 0. The second-order valence-electron chi connectivity index (χ2n) is 3.03. The molecule has 3 nitrogen and oxygen atoms in total. The van der Waals surface area contributed by atoms with Crippen molar-refractivity contribution in [3.05, 3.63) is 35.4 Å². The van der Waals surface area contributed by atoms with Crippen molar-refractivity contribution in [1.29, 1.82) is 0 Å². The SMILES string of the molecule is CCOC(=O)C#CC(O)c1c(F)cccc1F. The van der Waals surface area contributed by atoms with Gasteiger partial charge in [0.1, 0.15) is 17.7 Å². The molecular formula is C12H10F2O3. The zero-order valence-corrected chi connectivity index (χ0v) is 9.04. The summed E-state index contributed by atoms with van der Waals surface area (Å²) in [6, 6.07) is 3.15. The minimum atomic E-state index is -1.71. The third kappa shape index (κ3) is 3.54. The summed E-state index contributed by atoms with van der Waals surface area (Å²) in [5.41, 5.74) is -0.579. The first-order valence-corrected chi connectivity index (χ1v) is 4.86. The maximum absolute atomic E-state index is 13.2. The molecule has 0 bridgehead atoms. The van der Waals surface area contributed by atoms with Crippen molar-refractivity contribution in [3.8, 4) is 11.8 Å². The Balaban J connectivity index is 2.90. The van der Waals surface area contributed by atoms with Gasteiger partial charge in [-0.1, -0.05) is 12.0 Å². The van der Waals surface area contributed by atoms with Crippen molar-refractivity contribution in [2.24, 2.45) is 0 Å². The molecule has 1 aromatic rings. The lowest BCUT2D eigenvalue weighted by Crippen LogP contribution is -2.04. The molecule has 1 unspecified atom stereocenters. The molecule has 90 valence electrons. The van der Waals surface area contributed by atoms with Crippen LogP contribution in [0.4, 0.5) is 8.78 Å². The highest BCUT2D eigenvalue weighted by Crippen LogP contribution is 2.19. The van der Waals surface area contributed by atoms with E-state index in [4.69, 9.17) is 0 Å². The maximum atomic E-state index is 13.2. The van der Waals surface area contributed by atoms with E-state index >= 15 is 0 Å². The van der Waals surface area contributed by atoms with Crippen LogP contribution in [-0.4, -0.2) is 17.7 Å². The molecule has 0 aliphatic rings. The van der Waals surface area contributed by atoms with E-state index in [9.17, 15) is 18.7 Å². The molecule has 0 aromatic heterocycles. The summed E-state index contributed by atoms with van der Waals surface area (Å²) in [5.74, 6) is 1.26. The van der Waals surface area contributed by atoms with Crippen LogP contribution in [0.5, 0.6) is 0 Å². The Bertz CT molecular complexity index is 454. The van der Waals surface area contributed by atoms with E-state index in [1.807, 2.05) is 11.8 Å². The lowest BCUT2D eigenvalue weighted by atomic mass is 10.1. The fourth-order valence-electron chi connectivity index (χ4n) is 1.14. The van der Waals surface area contributed by atoms with Gasteiger partial charge < -0.3 is 9.84 Å². The normalized spacial score (nSPS) is 11.3. The smallest absolute Gasteiger partial charge is 0.384 e. The molecule has 0 saturated heterocycles. The van der Waals surface area contributed by atoms with Gasteiger partial charge in [0, 0.05) is 5.92 Å². The lowest BCUT2D eigenvalue weighted by molar-refractivity contribution is -0.136. The highest BCUT2D eigenvalue weighted by molar-refractivity contribution is 5.88. The highest BCUT2D eigenvalue weighted by Gasteiger charge is 2.15. The summed E-state index contributed by atoms with van der Waals surface area (Å²) >= 11 is 0. The van der Waals surface area contributed by atoms with Gasteiger partial charge in [-0.05, 0) is 19.1 Å². The number of carbonyl (C=O) groups excluding carboxylic acids is 1. The summed E-state index contributed by atoms with van der Waals surface area (Å²) in [4.78, 5) is 10.9. The Morgan fingerprint density at radius 2 is 2.06 bits per heavy atom. The monoisotopic (exact) mass is 240 g/mol. The van der Waals surface area contributed by atoms with Crippen molar-refractivity contribution in [2.75, 3.05) is 6.61 Å². The number of hydrogen-bond acceptors (Lipinski definition) is 3. The molecule has 5 heteroatoms. The first-order valence-electron chi connectivity index (χ1n) is 4.86. The van der Waals surface area contributed by atoms with E-state index in [2.05, 4.69) is 4.74 Å². The molecule has 0 fully saturated rings. The number of halogens is 2. The Kier molecular flexibility index (Phi) is 4.61. The number of carbonyl (C=O) groups is 1. The van der Waals surface area contributed by atoms with Gasteiger partial charge in [-0.25, -0.2) is 13.6 Å². The van der Waals surface area contributed by atoms with Crippen LogP contribution in [0, 0.1) is 23.5 Å². The molecule has 0 saturated carbocycles. The van der Waals surface area contributed by atoms with Crippen LogP contribution in [0.3, 0.4) is 0 Å². The van der Waals surface area contributed by atoms with Crippen molar-refractivity contribution >= 4 is 5.97 Å². The zero-order chi connectivity index (χ0) is 12.8. The number of ether oxygens (including phenoxy) is 1. The standard InChI is InChI=1S/C12H10F2O3/c1-2-17-11(16)7-6-10(15)12-8(13)4-3-5-9(12)14/h3-5,10,15H,2H2,1H3. The molecule has 1 atom stereocenters. The van der Waals surface area contributed by atoms with Crippen molar-refractivity contribution < 1.29 is 23.4 Å². The van der Waals surface area contributed by atoms with Crippen LogP contribution in [0.25, 0.3) is 0 Å². The molecule has 0 aliphatic heterocycles. The van der Waals surface area contributed by atoms with Crippen LogP contribution >= 0.6 is 0 Å². The van der Waals surface area contributed by atoms with Crippen LogP contribution < -0.4 is 0 Å². The van der Waals surface area contributed by atoms with Crippen molar-refractivity contribution in [2.45, 2.75) is 13.0 Å². The summed E-state index contributed by atoms with van der Waals surface area (Å²) < 4.78 is 30.9. The largest absolute Gasteiger partial charge is 0.456 e. The molecule has 0 spiro atoms. The Hall–Kier alpha value is -1.93. The number of rotatable bonds is 2. The molecule has 1 N–H and O–H groups in total. The van der Waals surface area contributed by atoms with Gasteiger partial charge in [0.2, 0.25) is 0 Å².